The molecule has 168 valence electrons. The van der Waals surface area contributed by atoms with Gasteiger partial charge in [-0.15, -0.1) is 0 Å². The molecule has 0 aliphatic heterocycles. The number of carbonyl (C=O) groups is 2. The molecular weight excluding hydrogens is 420 g/mol. The summed E-state index contributed by atoms with van der Waals surface area (Å²) in [6.45, 7) is 1.58. The van der Waals surface area contributed by atoms with Crippen molar-refractivity contribution in [1.29, 1.82) is 0 Å². The lowest BCUT2D eigenvalue weighted by molar-refractivity contribution is -0.429. The number of nitro groups is 1. The molecule has 1 aliphatic carbocycles. The summed E-state index contributed by atoms with van der Waals surface area (Å²) >= 11 is 0. The van der Waals surface area contributed by atoms with Crippen LogP contribution in [0.5, 0.6) is 0 Å². The molecule has 1 aliphatic rings. The number of carbonyl (C=O) groups excluding carboxylic acids is 2. The van der Waals surface area contributed by atoms with E-state index in [1.807, 2.05) is 60.7 Å². The monoisotopic (exact) mass is 444 g/mol. The van der Waals surface area contributed by atoms with Gasteiger partial charge in [-0.2, -0.15) is 0 Å². The van der Waals surface area contributed by atoms with Crippen molar-refractivity contribution in [3.63, 3.8) is 0 Å². The largest absolute Gasteiger partial charge is 0.446 e. The Bertz CT molecular complexity index is 1070. The normalized spacial score (nSPS) is 16.2. The van der Waals surface area contributed by atoms with Crippen molar-refractivity contribution in [3.8, 4) is 11.8 Å². The number of allylic oxidation sites excluding steroid dienone is 3. The molecule has 2 aromatic carbocycles. The van der Waals surface area contributed by atoms with E-state index in [2.05, 4.69) is 11.8 Å². The third-order valence-corrected chi connectivity index (χ3v) is 5.03. The Morgan fingerprint density at radius 3 is 2.30 bits per heavy atom. The molecule has 0 saturated carbocycles. The summed E-state index contributed by atoms with van der Waals surface area (Å²) in [7, 11) is 0. The third kappa shape index (κ3) is 6.91. The topological polar surface area (TPSA) is 89.8 Å². The third-order valence-electron chi connectivity index (χ3n) is 5.03. The molecule has 0 aromatic heterocycles. The van der Waals surface area contributed by atoms with E-state index in [-0.39, 0.29) is 23.0 Å². The maximum Gasteiger partial charge on any atom is 0.331 e. The van der Waals surface area contributed by atoms with Crippen molar-refractivity contribution in [2.75, 3.05) is 4.90 Å². The molecule has 0 N–H and O–H groups in total. The molecule has 1 unspecified atom stereocenters. The Kier molecular flexibility index (Phi) is 8.14. The molecule has 0 spiro atoms. The van der Waals surface area contributed by atoms with Gasteiger partial charge in [-0.3, -0.25) is 19.8 Å². The van der Waals surface area contributed by atoms with E-state index in [4.69, 9.17) is 4.74 Å². The number of benzene rings is 2. The molecule has 0 saturated heterocycles. The van der Waals surface area contributed by atoms with Crippen LogP contribution in [0, 0.1) is 27.9 Å². The van der Waals surface area contributed by atoms with Gasteiger partial charge in [0.05, 0.1) is 4.92 Å². The van der Waals surface area contributed by atoms with Crippen LogP contribution >= 0.6 is 0 Å². The van der Waals surface area contributed by atoms with Gasteiger partial charge in [0.1, 0.15) is 0 Å². The SMILES string of the molecule is C[C@@H](C#CC(=O)N(c1ccccc1)c1ccccc1)OC(=O)C=CC1CCC=C([N+](=O)[O-])C1. The molecule has 2 aromatic rings. The number of ether oxygens (including phenoxy) is 1. The lowest BCUT2D eigenvalue weighted by Gasteiger charge is -2.20. The molecule has 3 rings (SSSR count). The van der Waals surface area contributed by atoms with Gasteiger partial charge >= 0.3 is 11.9 Å². The molecule has 0 bridgehead atoms. The minimum Gasteiger partial charge on any atom is -0.446 e. The Labute approximate surface area is 192 Å². The van der Waals surface area contributed by atoms with Crippen LogP contribution in [0.1, 0.15) is 26.2 Å². The van der Waals surface area contributed by atoms with Gasteiger partial charge in [0.15, 0.2) is 6.10 Å². The zero-order valence-electron chi connectivity index (χ0n) is 18.2. The van der Waals surface area contributed by atoms with Crippen LogP contribution in [-0.4, -0.2) is 22.9 Å². The van der Waals surface area contributed by atoms with Crippen LogP contribution in [0.25, 0.3) is 0 Å². The molecule has 7 nitrogen and oxygen atoms in total. The van der Waals surface area contributed by atoms with E-state index in [1.54, 1.807) is 19.1 Å². The highest BCUT2D eigenvalue weighted by Crippen LogP contribution is 2.26. The van der Waals surface area contributed by atoms with Gasteiger partial charge in [0, 0.05) is 23.9 Å². The Morgan fingerprint density at radius 2 is 1.73 bits per heavy atom. The first kappa shape index (κ1) is 23.5. The minimum atomic E-state index is -0.805. The van der Waals surface area contributed by atoms with Crippen molar-refractivity contribution in [1.82, 2.24) is 0 Å². The summed E-state index contributed by atoms with van der Waals surface area (Å²) in [5.41, 5.74) is 1.51. The second-order valence-corrected chi connectivity index (χ2v) is 7.51. The van der Waals surface area contributed by atoms with E-state index in [1.165, 1.54) is 11.0 Å². The highest BCUT2D eigenvalue weighted by molar-refractivity contribution is 6.10. The van der Waals surface area contributed by atoms with Crippen LogP contribution in [0.3, 0.4) is 0 Å². The zero-order valence-corrected chi connectivity index (χ0v) is 18.2. The van der Waals surface area contributed by atoms with Gasteiger partial charge < -0.3 is 4.74 Å². The lowest BCUT2D eigenvalue weighted by Crippen LogP contribution is -2.24. The fraction of sp³-hybridized carbons (Fsp3) is 0.231. The molecule has 33 heavy (non-hydrogen) atoms. The number of esters is 1. The van der Waals surface area contributed by atoms with E-state index < -0.39 is 18.0 Å². The molecule has 0 fully saturated rings. The molecule has 1 amide bonds. The number of hydrogen-bond acceptors (Lipinski definition) is 5. The van der Waals surface area contributed by atoms with E-state index >= 15 is 0 Å². The summed E-state index contributed by atoms with van der Waals surface area (Å²) < 4.78 is 5.24. The summed E-state index contributed by atoms with van der Waals surface area (Å²) in [4.78, 5) is 37.0. The summed E-state index contributed by atoms with van der Waals surface area (Å²) in [5, 5.41) is 10.9. The number of para-hydroxylation sites is 2. The van der Waals surface area contributed by atoms with Crippen molar-refractivity contribution in [2.45, 2.75) is 32.3 Å². The summed E-state index contributed by atoms with van der Waals surface area (Å²) in [6, 6.07) is 18.3. The first-order valence-electron chi connectivity index (χ1n) is 10.6. The number of nitrogens with zero attached hydrogens (tertiary/aromatic N) is 2. The average molecular weight is 444 g/mol. The summed E-state index contributed by atoms with van der Waals surface area (Å²) in [6.07, 6.45) is 5.34. The fourth-order valence-corrected chi connectivity index (χ4v) is 3.45. The van der Waals surface area contributed by atoms with Gasteiger partial charge in [-0.25, -0.2) is 4.79 Å². The standard InChI is InChI=1S/C26H24N2O5/c1-20(33-26(30)18-16-21-9-8-14-24(19-21)28(31)32)15-17-25(29)27(22-10-4-2-5-11-22)23-12-6-3-7-13-23/h2-7,10-14,16,18,20-21H,8-9,19H2,1H3/t20-,21?/m0/s1. The quantitative estimate of drug-likeness (QED) is 0.210. The lowest BCUT2D eigenvalue weighted by atomic mass is 9.92. The van der Waals surface area contributed by atoms with Gasteiger partial charge in [0.25, 0.3) is 0 Å². The number of rotatable bonds is 6. The van der Waals surface area contributed by atoms with Crippen molar-refractivity contribution in [3.05, 3.63) is 94.7 Å². The maximum absolute atomic E-state index is 12.9. The second kappa shape index (κ2) is 11.4. The maximum atomic E-state index is 12.9. The number of amides is 1. The molecular formula is C26H24N2O5. The van der Waals surface area contributed by atoms with Crippen molar-refractivity contribution < 1.29 is 19.2 Å². The zero-order chi connectivity index (χ0) is 23.6. The van der Waals surface area contributed by atoms with Crippen LogP contribution in [0.2, 0.25) is 0 Å². The molecule has 0 heterocycles. The van der Waals surface area contributed by atoms with Crippen molar-refractivity contribution >= 4 is 23.3 Å². The van der Waals surface area contributed by atoms with E-state index in [0.29, 0.717) is 17.8 Å². The average Bonchev–Trinajstić information content (AvgIpc) is 2.83. The predicted molar refractivity (Wildman–Crippen MR) is 125 cm³/mol. The van der Waals surface area contributed by atoms with E-state index in [0.717, 1.165) is 6.42 Å². The molecule has 7 heteroatoms. The number of anilines is 2. The Balaban J connectivity index is 1.62. The van der Waals surface area contributed by atoms with Crippen molar-refractivity contribution in [2.24, 2.45) is 5.92 Å². The fourth-order valence-electron chi connectivity index (χ4n) is 3.45. The molecule has 2 atom stereocenters. The molecule has 0 radical (unpaired) electrons. The first-order chi connectivity index (χ1) is 15.9. The number of hydrogen-bond donors (Lipinski definition) is 0. The second-order valence-electron chi connectivity index (χ2n) is 7.51. The van der Waals surface area contributed by atoms with Gasteiger partial charge in [-0.05, 0) is 67.9 Å². The van der Waals surface area contributed by atoms with Crippen LogP contribution in [0.15, 0.2) is 84.6 Å². The Hall–Kier alpha value is -4.18. The van der Waals surface area contributed by atoms with Gasteiger partial charge in [0.2, 0.25) is 5.70 Å². The van der Waals surface area contributed by atoms with Crippen LogP contribution in [0.4, 0.5) is 11.4 Å². The van der Waals surface area contributed by atoms with Crippen LogP contribution in [-0.2, 0) is 14.3 Å². The predicted octanol–water partition coefficient (Wildman–Crippen LogP) is 4.80. The summed E-state index contributed by atoms with van der Waals surface area (Å²) in [5.74, 6) is 4.09. The van der Waals surface area contributed by atoms with Gasteiger partial charge in [-0.1, -0.05) is 42.5 Å². The highest BCUT2D eigenvalue weighted by atomic mass is 16.6. The van der Waals surface area contributed by atoms with Crippen LogP contribution < -0.4 is 4.90 Å². The smallest absolute Gasteiger partial charge is 0.331 e. The Morgan fingerprint density at radius 1 is 1.12 bits per heavy atom. The van der Waals surface area contributed by atoms with E-state index in [9.17, 15) is 19.7 Å². The highest BCUT2D eigenvalue weighted by Gasteiger charge is 2.21. The minimum absolute atomic E-state index is 0.0868. The first-order valence-corrected chi connectivity index (χ1v) is 10.6.